The van der Waals surface area contributed by atoms with E-state index in [9.17, 15) is 4.79 Å². The molecule has 0 N–H and O–H groups in total. The van der Waals surface area contributed by atoms with Gasteiger partial charge < -0.3 is 9.64 Å². The Labute approximate surface area is 134 Å². The zero-order valence-corrected chi connectivity index (χ0v) is 14.4. The van der Waals surface area contributed by atoms with Crippen LogP contribution in [0.1, 0.15) is 45.6 Å². The van der Waals surface area contributed by atoms with E-state index in [2.05, 4.69) is 39.8 Å². The van der Waals surface area contributed by atoms with Crippen molar-refractivity contribution < 1.29 is 9.53 Å². The molecule has 0 bridgehead atoms. The maximum Gasteiger partial charge on any atom is 0.223 e. The molecule has 1 fully saturated rings. The van der Waals surface area contributed by atoms with Crippen LogP contribution in [0.4, 0.5) is 0 Å². The number of hydrogen-bond acceptors (Lipinski definition) is 2. The molecule has 3 heteroatoms. The van der Waals surface area contributed by atoms with Crippen molar-refractivity contribution in [1.82, 2.24) is 4.90 Å². The summed E-state index contributed by atoms with van der Waals surface area (Å²) >= 11 is 0. The smallest absolute Gasteiger partial charge is 0.223 e. The summed E-state index contributed by atoms with van der Waals surface area (Å²) in [7, 11) is 0. The van der Waals surface area contributed by atoms with E-state index in [1.54, 1.807) is 0 Å². The Kier molecular flexibility index (Phi) is 5.49. The largest absolute Gasteiger partial charge is 0.493 e. The maximum absolute atomic E-state index is 12.2. The first-order valence-electron chi connectivity index (χ1n) is 8.31. The highest BCUT2D eigenvalue weighted by molar-refractivity contribution is 5.76. The van der Waals surface area contributed by atoms with Crippen molar-refractivity contribution in [2.45, 2.75) is 47.0 Å². The Bertz CT molecular complexity index is 479. The number of nitrogens with zero attached hydrogens (tertiary/aromatic N) is 1. The number of rotatable bonds is 4. The molecule has 22 heavy (non-hydrogen) atoms. The molecule has 122 valence electrons. The lowest BCUT2D eigenvalue weighted by atomic mass is 9.90. The molecule has 1 aliphatic heterocycles. The molecule has 1 saturated heterocycles. The molecular formula is C19H29NO2. The summed E-state index contributed by atoms with van der Waals surface area (Å²) in [6.07, 6.45) is 2.72. The van der Waals surface area contributed by atoms with Crippen LogP contribution < -0.4 is 4.74 Å². The van der Waals surface area contributed by atoms with Crippen molar-refractivity contribution >= 4 is 5.91 Å². The van der Waals surface area contributed by atoms with Crippen LogP contribution in [-0.4, -0.2) is 30.5 Å². The normalized spacial score (nSPS) is 16.6. The fourth-order valence-corrected chi connectivity index (χ4v) is 2.76. The Morgan fingerprint density at radius 2 is 1.77 bits per heavy atom. The highest BCUT2D eigenvalue weighted by Crippen LogP contribution is 2.24. The lowest BCUT2D eigenvalue weighted by Crippen LogP contribution is -2.40. The zero-order valence-electron chi connectivity index (χ0n) is 14.4. The molecule has 1 aliphatic rings. The summed E-state index contributed by atoms with van der Waals surface area (Å²) in [5.74, 6) is 1.79. The van der Waals surface area contributed by atoms with Crippen LogP contribution in [0, 0.1) is 18.3 Å². The minimum absolute atomic E-state index is 0.0719. The van der Waals surface area contributed by atoms with E-state index < -0.39 is 0 Å². The molecule has 3 nitrogen and oxygen atoms in total. The lowest BCUT2D eigenvalue weighted by molar-refractivity contribution is -0.134. The first-order chi connectivity index (χ1) is 10.3. The number of aryl methyl sites for hydroxylation is 1. The van der Waals surface area contributed by atoms with Crippen molar-refractivity contribution in [2.24, 2.45) is 11.3 Å². The predicted octanol–water partition coefficient (Wildman–Crippen LogP) is 4.05. The van der Waals surface area contributed by atoms with Crippen LogP contribution >= 0.6 is 0 Å². The highest BCUT2D eigenvalue weighted by atomic mass is 16.5. The minimum atomic E-state index is 0.0719. The van der Waals surface area contributed by atoms with Crippen LogP contribution in [0.2, 0.25) is 0 Å². The molecule has 1 amide bonds. The SMILES string of the molecule is Cc1ccc(OCC2CCN(C(=O)CC(C)(C)C)CC2)cc1. The molecule has 0 saturated carbocycles. The fraction of sp³-hybridized carbons (Fsp3) is 0.632. The number of carbonyl (C=O) groups is 1. The quantitative estimate of drug-likeness (QED) is 0.840. The van der Waals surface area contributed by atoms with E-state index in [1.807, 2.05) is 17.0 Å². The van der Waals surface area contributed by atoms with Crippen molar-refractivity contribution in [3.05, 3.63) is 29.8 Å². The monoisotopic (exact) mass is 303 g/mol. The standard InChI is InChI=1S/C19H29NO2/c1-15-5-7-17(8-6-15)22-14-16-9-11-20(12-10-16)18(21)13-19(2,3)4/h5-8,16H,9-14H2,1-4H3. The number of hydrogen-bond donors (Lipinski definition) is 0. The van der Waals surface area contributed by atoms with E-state index in [0.717, 1.165) is 38.3 Å². The number of piperidine rings is 1. The predicted molar refractivity (Wildman–Crippen MR) is 90.1 cm³/mol. The number of amides is 1. The molecule has 0 spiro atoms. The van der Waals surface area contributed by atoms with Gasteiger partial charge in [0, 0.05) is 19.5 Å². The third-order valence-electron chi connectivity index (χ3n) is 4.16. The van der Waals surface area contributed by atoms with Gasteiger partial charge in [-0.25, -0.2) is 0 Å². The Hall–Kier alpha value is -1.51. The van der Waals surface area contributed by atoms with Gasteiger partial charge in [-0.05, 0) is 43.2 Å². The van der Waals surface area contributed by atoms with Gasteiger partial charge >= 0.3 is 0 Å². The number of benzene rings is 1. The highest BCUT2D eigenvalue weighted by Gasteiger charge is 2.26. The first kappa shape index (κ1) is 16.9. The Morgan fingerprint density at radius 3 is 2.32 bits per heavy atom. The second-order valence-corrected chi connectivity index (χ2v) is 7.69. The van der Waals surface area contributed by atoms with Gasteiger partial charge in [0.2, 0.25) is 5.91 Å². The van der Waals surface area contributed by atoms with Crippen molar-refractivity contribution in [1.29, 1.82) is 0 Å². The summed E-state index contributed by atoms with van der Waals surface area (Å²) in [6.45, 7) is 10.9. The third kappa shape index (κ3) is 5.36. The molecule has 1 heterocycles. The average Bonchev–Trinajstić information content (AvgIpc) is 2.45. The van der Waals surface area contributed by atoms with Crippen LogP contribution in [0.3, 0.4) is 0 Å². The van der Waals surface area contributed by atoms with Gasteiger partial charge in [-0.15, -0.1) is 0 Å². The Balaban J connectivity index is 1.73. The van der Waals surface area contributed by atoms with Gasteiger partial charge in [0.25, 0.3) is 0 Å². The van der Waals surface area contributed by atoms with Gasteiger partial charge in [0.15, 0.2) is 0 Å². The van der Waals surface area contributed by atoms with Gasteiger partial charge in [0.05, 0.1) is 6.61 Å². The molecular weight excluding hydrogens is 274 g/mol. The number of likely N-dealkylation sites (tertiary alicyclic amines) is 1. The van der Waals surface area contributed by atoms with Crippen molar-refractivity contribution in [3.8, 4) is 5.75 Å². The summed E-state index contributed by atoms with van der Waals surface area (Å²) in [5.41, 5.74) is 1.32. The molecule has 0 atom stereocenters. The third-order valence-corrected chi connectivity index (χ3v) is 4.16. The summed E-state index contributed by atoms with van der Waals surface area (Å²) in [4.78, 5) is 14.2. The fourth-order valence-electron chi connectivity index (χ4n) is 2.76. The molecule has 0 unspecified atom stereocenters. The van der Waals surface area contributed by atoms with Gasteiger partial charge in [-0.1, -0.05) is 38.5 Å². The van der Waals surface area contributed by atoms with E-state index >= 15 is 0 Å². The first-order valence-corrected chi connectivity index (χ1v) is 8.31. The van der Waals surface area contributed by atoms with E-state index in [4.69, 9.17) is 4.74 Å². The second-order valence-electron chi connectivity index (χ2n) is 7.69. The number of carbonyl (C=O) groups excluding carboxylic acids is 1. The molecule has 2 rings (SSSR count). The van der Waals surface area contributed by atoms with E-state index in [1.165, 1.54) is 5.56 Å². The van der Waals surface area contributed by atoms with Crippen LogP contribution in [0.25, 0.3) is 0 Å². The topological polar surface area (TPSA) is 29.5 Å². The van der Waals surface area contributed by atoms with E-state index in [0.29, 0.717) is 18.2 Å². The minimum Gasteiger partial charge on any atom is -0.493 e. The average molecular weight is 303 g/mol. The Morgan fingerprint density at radius 1 is 1.18 bits per heavy atom. The summed E-state index contributed by atoms with van der Waals surface area (Å²) in [5, 5.41) is 0. The molecule has 1 aromatic carbocycles. The molecule has 0 aliphatic carbocycles. The molecule has 0 radical (unpaired) electrons. The number of ether oxygens (including phenoxy) is 1. The summed E-state index contributed by atoms with van der Waals surface area (Å²) < 4.78 is 5.87. The lowest BCUT2D eigenvalue weighted by Gasteiger charge is -2.33. The van der Waals surface area contributed by atoms with Crippen LogP contribution in [0.15, 0.2) is 24.3 Å². The van der Waals surface area contributed by atoms with Crippen LogP contribution in [-0.2, 0) is 4.79 Å². The summed E-state index contributed by atoms with van der Waals surface area (Å²) in [6, 6.07) is 8.20. The van der Waals surface area contributed by atoms with Gasteiger partial charge in [-0.2, -0.15) is 0 Å². The molecule has 1 aromatic rings. The van der Waals surface area contributed by atoms with E-state index in [-0.39, 0.29) is 5.41 Å². The maximum atomic E-state index is 12.2. The zero-order chi connectivity index (χ0) is 16.2. The van der Waals surface area contributed by atoms with Crippen molar-refractivity contribution in [3.63, 3.8) is 0 Å². The second kappa shape index (κ2) is 7.17. The molecule has 0 aromatic heterocycles. The van der Waals surface area contributed by atoms with Gasteiger partial charge in [-0.3, -0.25) is 4.79 Å². The van der Waals surface area contributed by atoms with Gasteiger partial charge in [0.1, 0.15) is 5.75 Å². The van der Waals surface area contributed by atoms with Crippen LogP contribution in [0.5, 0.6) is 5.75 Å². The van der Waals surface area contributed by atoms with Crippen molar-refractivity contribution in [2.75, 3.05) is 19.7 Å².